The average molecular weight is 618 g/mol. The molecule has 0 unspecified atom stereocenters. The van der Waals surface area contributed by atoms with Crippen molar-refractivity contribution in [2.75, 3.05) is 11.9 Å². The second-order valence-corrected chi connectivity index (χ2v) is 10.3. The van der Waals surface area contributed by atoms with Gasteiger partial charge in [-0.2, -0.15) is 14.6 Å². The molecule has 16 heteroatoms. The molecule has 4 aromatic heterocycles. The van der Waals surface area contributed by atoms with Gasteiger partial charge in [-0.3, -0.25) is 24.2 Å². The minimum atomic E-state index is -1.08. The number of nitrogens with one attached hydrogen (secondary N) is 2. The van der Waals surface area contributed by atoms with E-state index in [-0.39, 0.29) is 47.8 Å². The van der Waals surface area contributed by atoms with Gasteiger partial charge in [-0.1, -0.05) is 0 Å². The summed E-state index contributed by atoms with van der Waals surface area (Å²) in [5.41, 5.74) is 0.981. The monoisotopic (exact) mass is 617 g/mol. The van der Waals surface area contributed by atoms with E-state index in [1.54, 1.807) is 28.7 Å². The van der Waals surface area contributed by atoms with Crippen LogP contribution in [0.25, 0.3) is 22.0 Å². The molecule has 4 N–H and O–H groups in total. The minimum Gasteiger partial charge on any atom is -0.481 e. The highest BCUT2D eigenvalue weighted by molar-refractivity contribution is 7.13. The number of carboxylic acids is 2. The summed E-state index contributed by atoms with van der Waals surface area (Å²) in [6.07, 6.45) is 7.94. The fraction of sp³-hybridized carbons (Fsp3) is 0.370. The molecule has 5 rings (SSSR count). The quantitative estimate of drug-likeness (QED) is 0.181. The number of carboxylic acid groups (broad SMARTS) is 2. The molecular formula is C27H29F2N7O6S. The van der Waals surface area contributed by atoms with Gasteiger partial charge in [-0.15, -0.1) is 11.3 Å². The van der Waals surface area contributed by atoms with Crippen LogP contribution in [-0.4, -0.2) is 70.7 Å². The largest absolute Gasteiger partial charge is 0.481 e. The second kappa shape index (κ2) is 14.6. The van der Waals surface area contributed by atoms with Gasteiger partial charge in [-0.05, 0) is 44.7 Å². The number of rotatable bonds is 10. The van der Waals surface area contributed by atoms with Gasteiger partial charge in [0.05, 0.1) is 36.9 Å². The lowest BCUT2D eigenvalue weighted by Gasteiger charge is -2.28. The molecule has 0 radical (unpaired) electrons. The Morgan fingerprint density at radius 1 is 1.09 bits per heavy atom. The molecule has 1 saturated carbocycles. The molecule has 0 atom stereocenters. The predicted octanol–water partition coefficient (Wildman–Crippen LogP) is 4.78. The number of thiazole rings is 1. The lowest BCUT2D eigenvalue weighted by Crippen LogP contribution is -2.24. The molecule has 1 aliphatic carbocycles. The van der Waals surface area contributed by atoms with Crippen LogP contribution in [0.4, 0.5) is 14.5 Å². The maximum absolute atomic E-state index is 14.6. The number of hydrogen-bond acceptors (Lipinski definition) is 9. The third-order valence-electron chi connectivity index (χ3n) is 6.47. The minimum absolute atomic E-state index is 0.0414. The van der Waals surface area contributed by atoms with Crippen molar-refractivity contribution in [3.05, 3.63) is 53.6 Å². The Morgan fingerprint density at radius 3 is 2.44 bits per heavy atom. The van der Waals surface area contributed by atoms with Gasteiger partial charge in [0.1, 0.15) is 22.1 Å². The van der Waals surface area contributed by atoms with E-state index in [0.29, 0.717) is 11.6 Å². The molecule has 1 fully saturated rings. The van der Waals surface area contributed by atoms with Crippen LogP contribution in [0.5, 0.6) is 0 Å². The van der Waals surface area contributed by atoms with Crippen LogP contribution in [0.2, 0.25) is 0 Å². The molecule has 1 aliphatic rings. The van der Waals surface area contributed by atoms with E-state index in [9.17, 15) is 23.2 Å². The van der Waals surface area contributed by atoms with Crippen molar-refractivity contribution in [2.24, 2.45) is 0 Å². The smallest absolute Gasteiger partial charge is 0.303 e. The number of amides is 1. The van der Waals surface area contributed by atoms with Crippen molar-refractivity contribution in [3.8, 4) is 22.0 Å². The van der Waals surface area contributed by atoms with E-state index < -0.39 is 29.6 Å². The Balaban J connectivity index is 0.000000467. The van der Waals surface area contributed by atoms with Crippen LogP contribution < -0.4 is 5.32 Å². The first-order valence-corrected chi connectivity index (χ1v) is 14.2. The molecule has 0 spiro atoms. The molecule has 1 amide bonds. The molecule has 0 aromatic carbocycles. The summed E-state index contributed by atoms with van der Waals surface area (Å²) >= 11 is 1.30. The molecule has 0 bridgehead atoms. The lowest BCUT2D eigenvalue weighted by atomic mass is 9.93. The normalized spacial score (nSPS) is 16.3. The number of ether oxygens (including phenoxy) is 1. The number of carbonyl (C=O) groups excluding carboxylic acids is 1. The highest BCUT2D eigenvalue weighted by Gasteiger charge is 2.27. The number of aromatic nitrogens is 6. The molecule has 0 aliphatic heterocycles. The van der Waals surface area contributed by atoms with Crippen LogP contribution in [0.1, 0.15) is 62.0 Å². The molecule has 0 saturated heterocycles. The Bertz CT molecular complexity index is 1540. The van der Waals surface area contributed by atoms with Crippen molar-refractivity contribution in [3.63, 3.8) is 0 Å². The van der Waals surface area contributed by atoms with Gasteiger partial charge in [0.2, 0.25) is 5.95 Å². The van der Waals surface area contributed by atoms with Gasteiger partial charge in [0, 0.05) is 29.9 Å². The number of hydrogen-bond donors (Lipinski definition) is 4. The van der Waals surface area contributed by atoms with Crippen molar-refractivity contribution in [2.45, 2.75) is 57.6 Å². The van der Waals surface area contributed by atoms with E-state index in [1.165, 1.54) is 11.3 Å². The Kier molecular flexibility index (Phi) is 10.6. The molecule has 13 nitrogen and oxygen atoms in total. The topological polar surface area (TPSA) is 185 Å². The first-order valence-electron chi connectivity index (χ1n) is 13.4. The molecule has 4 aromatic rings. The van der Waals surface area contributed by atoms with Crippen molar-refractivity contribution in [1.82, 2.24) is 29.9 Å². The zero-order valence-electron chi connectivity index (χ0n) is 23.0. The number of nitrogens with zero attached hydrogens (tertiary/aromatic N) is 5. The maximum atomic E-state index is 14.6. The number of halogens is 2. The first-order chi connectivity index (χ1) is 20.6. The van der Waals surface area contributed by atoms with Crippen LogP contribution in [-0.2, 0) is 14.3 Å². The summed E-state index contributed by atoms with van der Waals surface area (Å²) in [6.45, 7) is 2.64. The summed E-state index contributed by atoms with van der Waals surface area (Å²) in [4.78, 5) is 40.3. The van der Waals surface area contributed by atoms with Gasteiger partial charge >= 0.3 is 11.9 Å². The summed E-state index contributed by atoms with van der Waals surface area (Å²) in [5, 5.41) is 31.9. The number of aliphatic carboxylic acids is 2. The van der Waals surface area contributed by atoms with Crippen molar-refractivity contribution < 1.29 is 38.1 Å². The zero-order valence-corrected chi connectivity index (χ0v) is 23.8. The number of aromatic amines is 1. The van der Waals surface area contributed by atoms with Crippen LogP contribution in [0.3, 0.4) is 0 Å². The molecule has 4 heterocycles. The fourth-order valence-electron chi connectivity index (χ4n) is 4.42. The molecule has 228 valence electrons. The zero-order chi connectivity index (χ0) is 30.9. The van der Waals surface area contributed by atoms with Crippen molar-refractivity contribution >= 4 is 34.9 Å². The Morgan fingerprint density at radius 2 is 1.81 bits per heavy atom. The maximum Gasteiger partial charge on any atom is 0.303 e. The van der Waals surface area contributed by atoms with Gasteiger partial charge in [-0.25, -0.2) is 14.4 Å². The summed E-state index contributed by atoms with van der Waals surface area (Å²) in [6, 6.07) is 1.97. The number of anilines is 1. The molecule has 43 heavy (non-hydrogen) atoms. The number of pyridine rings is 1. The van der Waals surface area contributed by atoms with E-state index in [4.69, 9.17) is 14.9 Å². The van der Waals surface area contributed by atoms with E-state index in [0.717, 1.165) is 43.4 Å². The Labute approximate surface area is 247 Å². The van der Waals surface area contributed by atoms with Crippen LogP contribution >= 0.6 is 11.3 Å². The SMILES string of the molecule is CCOC1CCC(n2cc(NC(=O)c3csc(-c4cn[nH]c4)n3)c(-c3nc(F)ccc3F)n2)CC1.O=C(O)CCC(=O)O. The van der Waals surface area contributed by atoms with Gasteiger partial charge in [0.15, 0.2) is 5.82 Å². The van der Waals surface area contributed by atoms with Crippen LogP contribution in [0, 0.1) is 11.8 Å². The highest BCUT2D eigenvalue weighted by atomic mass is 32.1. The van der Waals surface area contributed by atoms with Crippen LogP contribution in [0.15, 0.2) is 36.1 Å². The summed E-state index contributed by atoms with van der Waals surface area (Å²) in [7, 11) is 0. The average Bonchev–Trinajstić information content (AvgIpc) is 3.75. The van der Waals surface area contributed by atoms with E-state index in [1.807, 2.05) is 6.92 Å². The predicted molar refractivity (Wildman–Crippen MR) is 150 cm³/mol. The van der Waals surface area contributed by atoms with Gasteiger partial charge < -0.3 is 20.3 Å². The third kappa shape index (κ3) is 8.48. The first kappa shape index (κ1) is 31.4. The standard InChI is InChI=1S/C23H23F2N7O2S.C4H6O4/c1-2-34-15-5-3-14(4-6-15)32-11-17(21(31-32)20-16(24)7-8-19(25)30-20)28-22(33)18-12-35-23(29-18)13-9-26-27-10-13;5-3(6)1-2-4(7)8/h7-12,14-15H,2-6H2,1H3,(H,26,27)(H,28,33);1-2H2,(H,5,6)(H,7,8). The number of carbonyl (C=O) groups is 3. The third-order valence-corrected chi connectivity index (χ3v) is 7.36. The van der Waals surface area contributed by atoms with E-state index in [2.05, 4.69) is 30.6 Å². The number of H-pyrrole nitrogens is 1. The van der Waals surface area contributed by atoms with E-state index >= 15 is 0 Å². The fourth-order valence-corrected chi connectivity index (χ4v) is 5.20. The highest BCUT2D eigenvalue weighted by Crippen LogP contribution is 2.34. The second-order valence-electron chi connectivity index (χ2n) is 9.49. The molecular weight excluding hydrogens is 588 g/mol. The lowest BCUT2D eigenvalue weighted by molar-refractivity contribution is -0.143. The Hall–Kier alpha value is -4.57. The summed E-state index contributed by atoms with van der Waals surface area (Å²) < 4.78 is 35.9. The van der Waals surface area contributed by atoms with Crippen molar-refractivity contribution in [1.29, 1.82) is 0 Å². The summed E-state index contributed by atoms with van der Waals surface area (Å²) in [5.74, 6) is -4.22. The van der Waals surface area contributed by atoms with Gasteiger partial charge in [0.25, 0.3) is 5.91 Å².